The predicted octanol–water partition coefficient (Wildman–Crippen LogP) is 3.35. The Morgan fingerprint density at radius 2 is 1.74 bits per heavy atom. The van der Waals surface area contributed by atoms with Crippen molar-refractivity contribution in [2.24, 2.45) is 0 Å². The van der Waals surface area contributed by atoms with Crippen LogP contribution in [-0.4, -0.2) is 23.8 Å². The van der Waals surface area contributed by atoms with Crippen molar-refractivity contribution in [3.8, 4) is 0 Å². The maximum Gasteiger partial charge on any atom is 0.287 e. The zero-order valence-electron chi connectivity index (χ0n) is 14.4. The lowest BCUT2D eigenvalue weighted by molar-refractivity contribution is -0.117. The fraction of sp³-hybridized carbons (Fsp3) is 0.105. The van der Waals surface area contributed by atoms with Crippen molar-refractivity contribution in [3.05, 3.63) is 70.8 Å². The summed E-state index contributed by atoms with van der Waals surface area (Å²) >= 11 is 1.34. The molecule has 1 aromatic carbocycles. The van der Waals surface area contributed by atoms with Crippen molar-refractivity contribution in [3.63, 3.8) is 0 Å². The second-order valence-corrected chi connectivity index (χ2v) is 6.62. The van der Waals surface area contributed by atoms with Gasteiger partial charge in [-0.2, -0.15) is 0 Å². The van der Waals surface area contributed by atoms with E-state index in [1.807, 2.05) is 5.38 Å². The van der Waals surface area contributed by atoms with E-state index in [-0.39, 0.29) is 11.7 Å². The van der Waals surface area contributed by atoms with E-state index < -0.39 is 17.9 Å². The van der Waals surface area contributed by atoms with Gasteiger partial charge in [0.25, 0.3) is 11.8 Å². The van der Waals surface area contributed by atoms with Crippen LogP contribution in [0.4, 0.5) is 11.4 Å². The maximum atomic E-state index is 12.3. The van der Waals surface area contributed by atoms with Gasteiger partial charge in [-0.05, 0) is 48.7 Å². The van der Waals surface area contributed by atoms with Crippen LogP contribution < -0.4 is 16.0 Å². The largest absolute Gasteiger partial charge is 0.459 e. The van der Waals surface area contributed by atoms with Crippen LogP contribution in [0.1, 0.15) is 27.2 Å². The topological polar surface area (TPSA) is 100 Å². The fourth-order valence-electron chi connectivity index (χ4n) is 2.27. The van der Waals surface area contributed by atoms with Gasteiger partial charge in [0.1, 0.15) is 6.04 Å². The van der Waals surface area contributed by atoms with Crippen LogP contribution >= 0.6 is 11.3 Å². The molecule has 138 valence electrons. The van der Waals surface area contributed by atoms with E-state index in [4.69, 9.17) is 4.42 Å². The van der Waals surface area contributed by atoms with E-state index in [9.17, 15) is 14.4 Å². The number of amides is 3. The second kappa shape index (κ2) is 8.33. The predicted molar refractivity (Wildman–Crippen MR) is 103 cm³/mol. The Labute approximate surface area is 159 Å². The van der Waals surface area contributed by atoms with Gasteiger partial charge in [0, 0.05) is 11.4 Å². The van der Waals surface area contributed by atoms with Gasteiger partial charge in [0.05, 0.1) is 11.1 Å². The number of hydrogen-bond donors (Lipinski definition) is 3. The minimum absolute atomic E-state index is 0.132. The fourth-order valence-corrected chi connectivity index (χ4v) is 2.89. The van der Waals surface area contributed by atoms with Crippen LogP contribution in [0.2, 0.25) is 0 Å². The van der Waals surface area contributed by atoms with E-state index in [0.717, 1.165) is 0 Å². The average Bonchev–Trinajstić information content (AvgIpc) is 3.35. The second-order valence-electron chi connectivity index (χ2n) is 5.67. The molecule has 1 unspecified atom stereocenters. The summed E-state index contributed by atoms with van der Waals surface area (Å²) in [6, 6.07) is 12.6. The Balaban J connectivity index is 1.59. The molecular weight excluding hydrogens is 366 g/mol. The summed E-state index contributed by atoms with van der Waals surface area (Å²) in [5.41, 5.74) is 1.06. The van der Waals surface area contributed by atoms with Crippen LogP contribution in [0.25, 0.3) is 0 Å². The molecule has 0 saturated carbocycles. The molecule has 2 heterocycles. The summed E-state index contributed by atoms with van der Waals surface area (Å²) in [4.78, 5) is 36.9. The van der Waals surface area contributed by atoms with Crippen molar-refractivity contribution in [2.75, 3.05) is 10.6 Å². The van der Waals surface area contributed by atoms with E-state index in [2.05, 4.69) is 16.0 Å². The van der Waals surface area contributed by atoms with Gasteiger partial charge in [0.2, 0.25) is 5.91 Å². The first-order valence-corrected chi connectivity index (χ1v) is 9.01. The highest BCUT2D eigenvalue weighted by molar-refractivity contribution is 7.12. The number of rotatable bonds is 6. The Morgan fingerprint density at radius 1 is 0.963 bits per heavy atom. The molecule has 0 aliphatic carbocycles. The van der Waals surface area contributed by atoms with Crippen LogP contribution in [-0.2, 0) is 4.79 Å². The van der Waals surface area contributed by atoms with E-state index in [1.54, 1.807) is 49.4 Å². The zero-order valence-corrected chi connectivity index (χ0v) is 15.2. The lowest BCUT2D eigenvalue weighted by Gasteiger charge is -2.14. The van der Waals surface area contributed by atoms with Gasteiger partial charge < -0.3 is 20.4 Å². The molecule has 0 radical (unpaired) electrons. The molecule has 8 heteroatoms. The summed E-state index contributed by atoms with van der Waals surface area (Å²) in [6.07, 6.45) is 1.38. The Hall–Kier alpha value is -3.39. The van der Waals surface area contributed by atoms with Crippen molar-refractivity contribution in [1.82, 2.24) is 5.32 Å². The number of thiophene rings is 1. The lowest BCUT2D eigenvalue weighted by Crippen LogP contribution is -2.41. The van der Waals surface area contributed by atoms with Gasteiger partial charge >= 0.3 is 0 Å². The Bertz CT molecular complexity index is 936. The molecular formula is C19H17N3O4S. The Kier molecular flexibility index (Phi) is 5.68. The van der Waals surface area contributed by atoms with Crippen molar-refractivity contribution < 1.29 is 18.8 Å². The van der Waals surface area contributed by atoms with Gasteiger partial charge in [-0.15, -0.1) is 11.3 Å². The number of carbonyl (C=O) groups excluding carboxylic acids is 3. The average molecular weight is 383 g/mol. The molecule has 3 rings (SSSR count). The molecule has 3 amide bonds. The first-order valence-electron chi connectivity index (χ1n) is 8.13. The molecule has 0 spiro atoms. The van der Waals surface area contributed by atoms with Crippen LogP contribution in [0.5, 0.6) is 0 Å². The smallest absolute Gasteiger partial charge is 0.287 e. The summed E-state index contributed by atoms with van der Waals surface area (Å²) < 4.78 is 4.99. The molecule has 0 saturated heterocycles. The van der Waals surface area contributed by atoms with Crippen molar-refractivity contribution in [1.29, 1.82) is 0 Å². The highest BCUT2D eigenvalue weighted by Crippen LogP contribution is 2.18. The first kappa shape index (κ1) is 18.4. The van der Waals surface area contributed by atoms with Gasteiger partial charge in [0.15, 0.2) is 5.76 Å². The number of nitrogens with one attached hydrogen (secondary N) is 3. The third kappa shape index (κ3) is 4.83. The van der Waals surface area contributed by atoms with E-state index in [0.29, 0.717) is 16.3 Å². The molecule has 7 nitrogen and oxygen atoms in total. The van der Waals surface area contributed by atoms with E-state index in [1.165, 1.54) is 23.7 Å². The zero-order chi connectivity index (χ0) is 19.2. The minimum Gasteiger partial charge on any atom is -0.459 e. The minimum atomic E-state index is -0.771. The lowest BCUT2D eigenvalue weighted by atomic mass is 10.2. The standard InChI is InChI=1S/C19H17N3O4S/c1-12(20-18(24)15-7-3-9-26-15)17(23)21-13-5-2-6-14(11-13)22-19(25)16-8-4-10-27-16/h2-12H,1H3,(H,20,24)(H,21,23)(H,22,25). The molecule has 0 fully saturated rings. The van der Waals surface area contributed by atoms with Crippen LogP contribution in [0.15, 0.2) is 64.6 Å². The van der Waals surface area contributed by atoms with Crippen molar-refractivity contribution in [2.45, 2.75) is 13.0 Å². The molecule has 1 atom stereocenters. The number of anilines is 2. The summed E-state index contributed by atoms with van der Waals surface area (Å²) in [5, 5.41) is 9.86. The molecule has 27 heavy (non-hydrogen) atoms. The molecule has 3 N–H and O–H groups in total. The number of furan rings is 1. The summed E-state index contributed by atoms with van der Waals surface area (Å²) in [7, 11) is 0. The SMILES string of the molecule is CC(NC(=O)c1ccco1)C(=O)Nc1cccc(NC(=O)c2cccs2)c1. The number of benzene rings is 1. The quantitative estimate of drug-likeness (QED) is 0.608. The third-order valence-corrected chi connectivity index (χ3v) is 4.49. The summed E-state index contributed by atoms with van der Waals surface area (Å²) in [5.74, 6) is -0.947. The van der Waals surface area contributed by atoms with Crippen LogP contribution in [0.3, 0.4) is 0 Å². The van der Waals surface area contributed by atoms with E-state index >= 15 is 0 Å². The van der Waals surface area contributed by atoms with Crippen molar-refractivity contribution >= 4 is 40.4 Å². The first-order chi connectivity index (χ1) is 13.0. The number of carbonyl (C=O) groups is 3. The number of hydrogen-bond acceptors (Lipinski definition) is 5. The summed E-state index contributed by atoms with van der Waals surface area (Å²) in [6.45, 7) is 1.57. The monoisotopic (exact) mass is 383 g/mol. The highest BCUT2D eigenvalue weighted by atomic mass is 32.1. The molecule has 0 aliphatic heterocycles. The normalized spacial score (nSPS) is 11.4. The highest BCUT2D eigenvalue weighted by Gasteiger charge is 2.18. The molecule has 0 aliphatic rings. The van der Waals surface area contributed by atoms with Crippen LogP contribution in [0, 0.1) is 0 Å². The maximum absolute atomic E-state index is 12.3. The molecule has 0 bridgehead atoms. The molecule has 2 aromatic heterocycles. The third-order valence-electron chi connectivity index (χ3n) is 3.62. The Morgan fingerprint density at radius 3 is 2.41 bits per heavy atom. The molecule has 3 aromatic rings. The van der Waals surface area contributed by atoms with Gasteiger partial charge in [-0.3, -0.25) is 14.4 Å². The van der Waals surface area contributed by atoms with Gasteiger partial charge in [-0.25, -0.2) is 0 Å². The van der Waals surface area contributed by atoms with Gasteiger partial charge in [-0.1, -0.05) is 12.1 Å².